The molecule has 0 bridgehead atoms. The Morgan fingerprint density at radius 1 is 1.54 bits per heavy atom. The second kappa shape index (κ2) is 4.07. The maximum absolute atomic E-state index is 11.2. The van der Waals surface area contributed by atoms with Crippen LogP contribution in [0.2, 0.25) is 0 Å². The van der Waals surface area contributed by atoms with Crippen LogP contribution in [0.25, 0.3) is 0 Å². The molecule has 0 unspecified atom stereocenters. The van der Waals surface area contributed by atoms with E-state index in [-0.39, 0.29) is 18.1 Å². The van der Waals surface area contributed by atoms with E-state index in [0.29, 0.717) is 6.04 Å². The first-order chi connectivity index (χ1) is 5.97. The van der Waals surface area contributed by atoms with Gasteiger partial charge in [0.2, 0.25) is 5.91 Å². The molecular formula is C9H18N2O2. The van der Waals surface area contributed by atoms with E-state index in [0.717, 1.165) is 13.1 Å². The molecule has 1 rings (SSSR count). The molecule has 0 spiro atoms. The van der Waals surface area contributed by atoms with E-state index < -0.39 is 0 Å². The topological polar surface area (TPSA) is 50.4 Å². The third-order valence-corrected chi connectivity index (χ3v) is 1.78. The largest absolute Gasteiger partial charge is 0.366 e. The molecule has 0 aromatic rings. The lowest BCUT2D eigenvalue weighted by Gasteiger charge is -2.28. The molecule has 0 aromatic carbocycles. The van der Waals surface area contributed by atoms with Gasteiger partial charge in [0.15, 0.2) is 0 Å². The van der Waals surface area contributed by atoms with Crippen LogP contribution in [-0.4, -0.2) is 37.2 Å². The van der Waals surface area contributed by atoms with Gasteiger partial charge in [0.1, 0.15) is 6.61 Å². The van der Waals surface area contributed by atoms with Crippen LogP contribution in [0, 0.1) is 0 Å². The lowest BCUT2D eigenvalue weighted by Crippen LogP contribution is -2.57. The molecule has 2 N–H and O–H groups in total. The van der Waals surface area contributed by atoms with Crippen molar-refractivity contribution in [3.63, 3.8) is 0 Å². The van der Waals surface area contributed by atoms with Crippen LogP contribution in [0.5, 0.6) is 0 Å². The number of carbonyl (C=O) groups is 1. The van der Waals surface area contributed by atoms with E-state index in [1.54, 1.807) is 0 Å². The molecule has 1 fully saturated rings. The molecular weight excluding hydrogens is 168 g/mol. The number of hydrogen-bond acceptors (Lipinski definition) is 3. The third-order valence-electron chi connectivity index (χ3n) is 1.78. The van der Waals surface area contributed by atoms with Crippen molar-refractivity contribution >= 4 is 5.91 Å². The molecule has 0 saturated carbocycles. The number of amides is 1. The summed E-state index contributed by atoms with van der Waals surface area (Å²) in [5.41, 5.74) is -0.241. The molecule has 0 radical (unpaired) electrons. The van der Waals surface area contributed by atoms with Crippen LogP contribution < -0.4 is 10.6 Å². The monoisotopic (exact) mass is 186 g/mol. The van der Waals surface area contributed by atoms with E-state index in [1.165, 1.54) is 0 Å². The zero-order valence-electron chi connectivity index (χ0n) is 8.52. The van der Waals surface area contributed by atoms with Gasteiger partial charge < -0.3 is 15.4 Å². The summed E-state index contributed by atoms with van der Waals surface area (Å²) in [5.74, 6) is -0.0265. The smallest absolute Gasteiger partial charge is 0.246 e. The minimum atomic E-state index is -0.241. The maximum atomic E-state index is 11.2. The fourth-order valence-corrected chi connectivity index (χ4v) is 0.942. The minimum Gasteiger partial charge on any atom is -0.366 e. The van der Waals surface area contributed by atoms with Gasteiger partial charge in [0.05, 0.1) is 11.6 Å². The van der Waals surface area contributed by atoms with Gasteiger partial charge in [-0.1, -0.05) is 0 Å². The zero-order valence-corrected chi connectivity index (χ0v) is 8.52. The molecule has 0 aromatic heterocycles. The van der Waals surface area contributed by atoms with Crippen molar-refractivity contribution in [1.82, 2.24) is 10.6 Å². The highest BCUT2D eigenvalue weighted by atomic mass is 16.5. The second-order valence-electron chi connectivity index (χ2n) is 4.32. The summed E-state index contributed by atoms with van der Waals surface area (Å²) >= 11 is 0. The fourth-order valence-electron chi connectivity index (χ4n) is 0.942. The van der Waals surface area contributed by atoms with Crippen molar-refractivity contribution in [1.29, 1.82) is 0 Å². The van der Waals surface area contributed by atoms with Crippen LogP contribution in [0.4, 0.5) is 0 Å². The summed E-state index contributed by atoms with van der Waals surface area (Å²) in [6.45, 7) is 7.71. The van der Waals surface area contributed by atoms with Gasteiger partial charge in [-0.2, -0.15) is 0 Å². The summed E-state index contributed by atoms with van der Waals surface area (Å²) in [5, 5.41) is 5.95. The number of nitrogens with one attached hydrogen (secondary N) is 2. The van der Waals surface area contributed by atoms with Crippen LogP contribution in [-0.2, 0) is 9.53 Å². The highest BCUT2D eigenvalue weighted by Gasteiger charge is 2.19. The molecule has 13 heavy (non-hydrogen) atoms. The quantitative estimate of drug-likeness (QED) is 0.646. The van der Waals surface area contributed by atoms with Gasteiger partial charge in [0, 0.05) is 13.1 Å². The summed E-state index contributed by atoms with van der Waals surface area (Å²) in [6, 6.07) is 0.302. The molecule has 1 heterocycles. The fraction of sp³-hybridized carbons (Fsp3) is 0.889. The molecule has 0 aliphatic carbocycles. The van der Waals surface area contributed by atoms with Gasteiger partial charge in [-0.25, -0.2) is 0 Å². The SMILES string of the molecule is CC(C)(C)OCC(=O)NC1CNC1. The number of ether oxygens (including phenoxy) is 1. The first-order valence-corrected chi connectivity index (χ1v) is 4.61. The van der Waals surface area contributed by atoms with Crippen molar-refractivity contribution in [3.05, 3.63) is 0 Å². The van der Waals surface area contributed by atoms with Crippen LogP contribution >= 0.6 is 0 Å². The van der Waals surface area contributed by atoms with Gasteiger partial charge >= 0.3 is 0 Å². The van der Waals surface area contributed by atoms with Crippen LogP contribution in [0.3, 0.4) is 0 Å². The summed E-state index contributed by atoms with van der Waals surface area (Å²) in [7, 11) is 0. The minimum absolute atomic E-state index is 0.0265. The Labute approximate surface area is 79.0 Å². The highest BCUT2D eigenvalue weighted by Crippen LogP contribution is 2.05. The van der Waals surface area contributed by atoms with Gasteiger partial charge in [0.25, 0.3) is 0 Å². The Bertz CT molecular complexity index is 183. The average molecular weight is 186 g/mol. The summed E-state index contributed by atoms with van der Waals surface area (Å²) < 4.78 is 5.33. The molecule has 4 heteroatoms. The number of rotatable bonds is 3. The average Bonchev–Trinajstić information content (AvgIpc) is 1.91. The van der Waals surface area contributed by atoms with E-state index in [4.69, 9.17) is 4.74 Å². The molecule has 1 amide bonds. The van der Waals surface area contributed by atoms with Crippen molar-refractivity contribution in [2.45, 2.75) is 32.4 Å². The van der Waals surface area contributed by atoms with E-state index in [1.807, 2.05) is 20.8 Å². The van der Waals surface area contributed by atoms with Crippen molar-refractivity contribution < 1.29 is 9.53 Å². The predicted octanol–water partition coefficient (Wildman–Crippen LogP) is -0.110. The lowest BCUT2D eigenvalue weighted by molar-refractivity contribution is -0.131. The van der Waals surface area contributed by atoms with Crippen molar-refractivity contribution in [3.8, 4) is 0 Å². The maximum Gasteiger partial charge on any atom is 0.246 e. The summed E-state index contributed by atoms with van der Waals surface area (Å²) in [6.07, 6.45) is 0. The van der Waals surface area contributed by atoms with E-state index >= 15 is 0 Å². The van der Waals surface area contributed by atoms with E-state index in [9.17, 15) is 4.79 Å². The van der Waals surface area contributed by atoms with Crippen molar-refractivity contribution in [2.24, 2.45) is 0 Å². The lowest BCUT2D eigenvalue weighted by atomic mass is 10.2. The van der Waals surface area contributed by atoms with Gasteiger partial charge in [-0.3, -0.25) is 4.79 Å². The Balaban J connectivity index is 2.10. The Morgan fingerprint density at radius 3 is 2.54 bits per heavy atom. The first-order valence-electron chi connectivity index (χ1n) is 4.61. The van der Waals surface area contributed by atoms with Crippen LogP contribution in [0.1, 0.15) is 20.8 Å². The first kappa shape index (κ1) is 10.5. The Kier molecular flexibility index (Phi) is 3.27. The molecule has 1 aliphatic rings. The molecule has 76 valence electrons. The molecule has 1 saturated heterocycles. The summed E-state index contributed by atoms with van der Waals surface area (Å²) in [4.78, 5) is 11.2. The predicted molar refractivity (Wildman–Crippen MR) is 50.5 cm³/mol. The normalized spacial score (nSPS) is 18.1. The zero-order chi connectivity index (χ0) is 9.90. The van der Waals surface area contributed by atoms with Crippen LogP contribution in [0.15, 0.2) is 0 Å². The van der Waals surface area contributed by atoms with Crippen molar-refractivity contribution in [2.75, 3.05) is 19.7 Å². The standard InChI is InChI=1S/C9H18N2O2/c1-9(2,3)13-6-8(12)11-7-4-10-5-7/h7,10H,4-6H2,1-3H3,(H,11,12). The Hall–Kier alpha value is -0.610. The molecule has 0 atom stereocenters. The van der Waals surface area contributed by atoms with Gasteiger partial charge in [-0.15, -0.1) is 0 Å². The molecule has 4 nitrogen and oxygen atoms in total. The van der Waals surface area contributed by atoms with Gasteiger partial charge in [-0.05, 0) is 20.8 Å². The second-order valence-corrected chi connectivity index (χ2v) is 4.32. The highest BCUT2D eigenvalue weighted by molar-refractivity contribution is 5.77. The number of carbonyl (C=O) groups excluding carboxylic acids is 1. The Morgan fingerprint density at radius 2 is 2.15 bits per heavy atom. The number of hydrogen-bond donors (Lipinski definition) is 2. The third kappa shape index (κ3) is 4.24. The van der Waals surface area contributed by atoms with E-state index in [2.05, 4.69) is 10.6 Å². The molecule has 1 aliphatic heterocycles.